The summed E-state index contributed by atoms with van der Waals surface area (Å²) in [6, 6.07) is 22.4. The molecule has 4 nitrogen and oxygen atoms in total. The molecule has 0 N–H and O–H groups in total. The zero-order valence-corrected chi connectivity index (χ0v) is 20.0. The highest BCUT2D eigenvalue weighted by atomic mass is 16.5. The van der Waals surface area contributed by atoms with Crippen molar-refractivity contribution in [2.24, 2.45) is 11.8 Å². The van der Waals surface area contributed by atoms with E-state index in [4.69, 9.17) is 4.74 Å². The number of rotatable bonds is 3. The Morgan fingerprint density at radius 1 is 0.765 bits per heavy atom. The number of carbonyl (C=O) groups is 2. The summed E-state index contributed by atoms with van der Waals surface area (Å²) in [5.74, 6) is -0.386. The van der Waals surface area contributed by atoms with E-state index < -0.39 is 0 Å². The summed E-state index contributed by atoms with van der Waals surface area (Å²) in [5.41, 5.74) is 6.69. The predicted molar refractivity (Wildman–Crippen MR) is 132 cm³/mol. The van der Waals surface area contributed by atoms with Crippen LogP contribution >= 0.6 is 0 Å². The monoisotopic (exact) mass is 451 g/mol. The normalized spacial score (nSPS) is 24.6. The van der Waals surface area contributed by atoms with Gasteiger partial charge in [0.25, 0.3) is 0 Å². The number of nitrogens with zero attached hydrogens (tertiary/aromatic N) is 1. The van der Waals surface area contributed by atoms with Gasteiger partial charge in [-0.15, -0.1) is 0 Å². The van der Waals surface area contributed by atoms with E-state index in [0.717, 1.165) is 5.75 Å². The number of amides is 2. The number of carbonyl (C=O) groups excluding carboxylic acids is 2. The summed E-state index contributed by atoms with van der Waals surface area (Å²) < 4.78 is 5.55. The van der Waals surface area contributed by atoms with Crippen LogP contribution in [0.5, 0.6) is 5.75 Å². The third kappa shape index (κ3) is 2.84. The number of hydrogen-bond donors (Lipinski definition) is 0. The maximum atomic E-state index is 13.9. The van der Waals surface area contributed by atoms with Crippen LogP contribution in [0.3, 0.4) is 0 Å². The maximum absolute atomic E-state index is 13.9. The molecule has 1 fully saturated rings. The van der Waals surface area contributed by atoms with Gasteiger partial charge in [-0.05, 0) is 64.4 Å². The van der Waals surface area contributed by atoms with Gasteiger partial charge in [0, 0.05) is 11.8 Å². The van der Waals surface area contributed by atoms with Crippen molar-refractivity contribution in [2.75, 3.05) is 11.5 Å². The van der Waals surface area contributed by atoms with Crippen molar-refractivity contribution in [3.8, 4) is 5.75 Å². The van der Waals surface area contributed by atoms with E-state index in [9.17, 15) is 9.59 Å². The molecule has 2 bridgehead atoms. The zero-order chi connectivity index (χ0) is 23.8. The second-order valence-electron chi connectivity index (χ2n) is 10.7. The Hall–Kier alpha value is -3.40. The Morgan fingerprint density at radius 2 is 1.32 bits per heavy atom. The van der Waals surface area contributed by atoms with Crippen molar-refractivity contribution in [3.05, 3.63) is 94.5 Å². The molecule has 3 aromatic rings. The number of anilines is 1. The molecule has 0 aromatic heterocycles. The van der Waals surface area contributed by atoms with E-state index >= 15 is 0 Å². The lowest BCUT2D eigenvalue weighted by atomic mass is 9.54. The molecule has 0 unspecified atom stereocenters. The first-order valence-corrected chi connectivity index (χ1v) is 12.1. The molecule has 0 spiro atoms. The summed E-state index contributed by atoms with van der Waals surface area (Å²) in [4.78, 5) is 29.2. The highest BCUT2D eigenvalue weighted by Crippen LogP contribution is 2.61. The Labute approximate surface area is 200 Å². The van der Waals surface area contributed by atoms with Gasteiger partial charge in [0.1, 0.15) is 5.75 Å². The van der Waals surface area contributed by atoms with Gasteiger partial charge < -0.3 is 4.74 Å². The molecule has 1 aliphatic heterocycles. The fourth-order valence-electron chi connectivity index (χ4n) is 6.31. The quantitative estimate of drug-likeness (QED) is 0.474. The standard InChI is InChI=1S/C30H29NO3/c1-5-34-19-13-11-18(12-14-19)31-28(32)26-24-20-8-6-7-9-21(20)25(27(26)29(31)33)23-16-17(30(2,3)4)10-15-22(23)24/h6-16,24-27H,5H2,1-4H3/t24-,25-,26-,27-/m1/s1. The van der Waals surface area contributed by atoms with Gasteiger partial charge in [0.2, 0.25) is 11.8 Å². The second kappa shape index (κ2) is 7.30. The fourth-order valence-corrected chi connectivity index (χ4v) is 6.31. The number of ether oxygens (including phenoxy) is 1. The highest BCUT2D eigenvalue weighted by Gasteiger charge is 2.61. The molecule has 2 amide bonds. The van der Waals surface area contributed by atoms with Crippen LogP contribution in [-0.2, 0) is 15.0 Å². The number of hydrogen-bond acceptors (Lipinski definition) is 3. The van der Waals surface area contributed by atoms with Crippen LogP contribution in [0, 0.1) is 11.8 Å². The van der Waals surface area contributed by atoms with E-state index in [1.807, 2.05) is 43.3 Å². The van der Waals surface area contributed by atoms with E-state index in [-0.39, 0.29) is 40.9 Å². The average molecular weight is 452 g/mol. The fraction of sp³-hybridized carbons (Fsp3) is 0.333. The Balaban J connectivity index is 1.50. The molecule has 3 aromatic carbocycles. The summed E-state index contributed by atoms with van der Waals surface area (Å²) in [6.07, 6.45) is 0. The minimum atomic E-state index is -0.373. The maximum Gasteiger partial charge on any atom is 0.238 e. The van der Waals surface area contributed by atoms with Crippen LogP contribution in [0.1, 0.15) is 67.3 Å². The molecule has 172 valence electrons. The van der Waals surface area contributed by atoms with Gasteiger partial charge in [0.15, 0.2) is 0 Å². The molecular weight excluding hydrogens is 422 g/mol. The zero-order valence-electron chi connectivity index (χ0n) is 20.0. The Kier molecular flexibility index (Phi) is 4.54. The molecule has 1 saturated heterocycles. The van der Waals surface area contributed by atoms with Gasteiger partial charge >= 0.3 is 0 Å². The average Bonchev–Trinajstić information content (AvgIpc) is 3.09. The van der Waals surface area contributed by atoms with E-state index in [2.05, 4.69) is 51.1 Å². The molecule has 4 atom stereocenters. The highest BCUT2D eigenvalue weighted by molar-refractivity contribution is 6.23. The minimum absolute atomic E-state index is 0.00842. The van der Waals surface area contributed by atoms with Crippen molar-refractivity contribution in [2.45, 2.75) is 44.9 Å². The number of benzene rings is 3. The summed E-state index contributed by atoms with van der Waals surface area (Å²) in [5, 5.41) is 0. The topological polar surface area (TPSA) is 46.6 Å². The van der Waals surface area contributed by atoms with Crippen molar-refractivity contribution in [1.82, 2.24) is 0 Å². The summed E-state index contributed by atoms with van der Waals surface area (Å²) >= 11 is 0. The van der Waals surface area contributed by atoms with Crippen LogP contribution in [0.4, 0.5) is 5.69 Å². The summed E-state index contributed by atoms with van der Waals surface area (Å²) in [7, 11) is 0. The third-order valence-electron chi connectivity index (χ3n) is 7.81. The van der Waals surface area contributed by atoms with E-state index in [0.29, 0.717) is 12.3 Å². The molecule has 1 heterocycles. The molecular formula is C30H29NO3. The van der Waals surface area contributed by atoms with Crippen LogP contribution < -0.4 is 9.64 Å². The molecule has 0 radical (unpaired) electrons. The van der Waals surface area contributed by atoms with Crippen LogP contribution in [0.15, 0.2) is 66.7 Å². The molecule has 4 aliphatic rings. The van der Waals surface area contributed by atoms with Crippen LogP contribution in [0.2, 0.25) is 0 Å². The van der Waals surface area contributed by atoms with Gasteiger partial charge in [-0.1, -0.05) is 63.2 Å². The van der Waals surface area contributed by atoms with E-state index in [1.165, 1.54) is 32.7 Å². The lowest BCUT2D eigenvalue weighted by Crippen LogP contribution is -2.41. The Bertz CT molecular complexity index is 1320. The summed E-state index contributed by atoms with van der Waals surface area (Å²) in [6.45, 7) is 9.14. The first kappa shape index (κ1) is 21.2. The van der Waals surface area contributed by atoms with Crippen LogP contribution in [0.25, 0.3) is 0 Å². The second-order valence-corrected chi connectivity index (χ2v) is 10.7. The third-order valence-corrected chi connectivity index (χ3v) is 7.81. The first-order chi connectivity index (χ1) is 16.3. The lowest BCUT2D eigenvalue weighted by Gasteiger charge is -2.46. The number of imide groups is 1. The van der Waals surface area contributed by atoms with Gasteiger partial charge in [0.05, 0.1) is 24.1 Å². The molecule has 7 rings (SSSR count). The van der Waals surface area contributed by atoms with Gasteiger partial charge in [-0.25, -0.2) is 4.90 Å². The molecule has 4 heteroatoms. The SMILES string of the molecule is CCOc1ccc(N2C(=O)[C@@H]3[C@@H]4c5ccccc5[C@H](c5cc(C(C)(C)C)ccc54)[C@H]3C2=O)cc1. The smallest absolute Gasteiger partial charge is 0.238 e. The van der Waals surface area contributed by atoms with Crippen molar-refractivity contribution in [3.63, 3.8) is 0 Å². The minimum Gasteiger partial charge on any atom is -0.494 e. The van der Waals surface area contributed by atoms with Crippen molar-refractivity contribution in [1.29, 1.82) is 0 Å². The van der Waals surface area contributed by atoms with Crippen molar-refractivity contribution < 1.29 is 14.3 Å². The molecule has 0 saturated carbocycles. The van der Waals surface area contributed by atoms with E-state index in [1.54, 1.807) is 0 Å². The Morgan fingerprint density at radius 3 is 1.88 bits per heavy atom. The van der Waals surface area contributed by atoms with Gasteiger partial charge in [-0.2, -0.15) is 0 Å². The first-order valence-electron chi connectivity index (χ1n) is 12.1. The predicted octanol–water partition coefficient (Wildman–Crippen LogP) is 5.78. The van der Waals surface area contributed by atoms with Gasteiger partial charge in [-0.3, -0.25) is 9.59 Å². The molecule has 3 aliphatic carbocycles. The molecule has 34 heavy (non-hydrogen) atoms. The lowest BCUT2D eigenvalue weighted by molar-refractivity contribution is -0.122. The van der Waals surface area contributed by atoms with Crippen LogP contribution in [-0.4, -0.2) is 18.4 Å². The largest absolute Gasteiger partial charge is 0.494 e. The van der Waals surface area contributed by atoms with Crippen molar-refractivity contribution >= 4 is 17.5 Å².